The summed E-state index contributed by atoms with van der Waals surface area (Å²) >= 11 is 0. The van der Waals surface area contributed by atoms with Gasteiger partial charge in [-0.25, -0.2) is 0 Å². The van der Waals surface area contributed by atoms with Crippen LogP contribution in [0.5, 0.6) is 0 Å². The van der Waals surface area contributed by atoms with Gasteiger partial charge in [0.2, 0.25) is 5.91 Å². The first-order valence-corrected chi connectivity index (χ1v) is 23.4. The molecule has 1 spiro atoms. The van der Waals surface area contributed by atoms with Gasteiger partial charge in [-0.3, -0.25) is 14.9 Å². The molecule has 2 heterocycles. The number of ether oxygens (including phenoxy) is 1. The van der Waals surface area contributed by atoms with Gasteiger partial charge in [-0.05, 0) is 131 Å². The number of aliphatic hydroxyl groups excluding tert-OH is 3. The second-order valence-electron chi connectivity index (χ2n) is 18.7. The van der Waals surface area contributed by atoms with Gasteiger partial charge >= 0.3 is 0 Å². The number of fused-ring (bicyclic) bond motifs is 1. The molecule has 64 heavy (non-hydrogen) atoms. The first-order chi connectivity index (χ1) is 30.8. The van der Waals surface area contributed by atoms with E-state index in [-0.39, 0.29) is 56.3 Å². The van der Waals surface area contributed by atoms with Crippen molar-refractivity contribution in [3.05, 3.63) is 130 Å². The number of allylic oxidation sites excluding steroid dienone is 8. The van der Waals surface area contributed by atoms with Gasteiger partial charge in [0.05, 0.1) is 24.4 Å². The Balaban J connectivity index is 1.23. The predicted molar refractivity (Wildman–Crippen MR) is 252 cm³/mol. The molecule has 6 rings (SSSR count). The van der Waals surface area contributed by atoms with Gasteiger partial charge in [-0.2, -0.15) is 0 Å². The molecule has 344 valence electrons. The van der Waals surface area contributed by atoms with Crippen molar-refractivity contribution in [1.29, 1.82) is 0 Å². The van der Waals surface area contributed by atoms with Crippen LogP contribution in [-0.4, -0.2) is 76.3 Å². The highest BCUT2D eigenvalue weighted by molar-refractivity contribution is 5.98. The van der Waals surface area contributed by atoms with Crippen LogP contribution in [0.15, 0.2) is 107 Å². The maximum Gasteiger partial charge on any atom is 0.243 e. The molecular formula is C54H71N3O7. The van der Waals surface area contributed by atoms with Crippen LogP contribution in [0.3, 0.4) is 0 Å². The van der Waals surface area contributed by atoms with Crippen LogP contribution in [0.4, 0.5) is 0 Å². The highest BCUT2D eigenvalue weighted by atomic mass is 16.5. The van der Waals surface area contributed by atoms with Gasteiger partial charge in [-0.15, -0.1) is 0 Å². The van der Waals surface area contributed by atoms with E-state index in [1.54, 1.807) is 6.92 Å². The minimum atomic E-state index is -1.26. The fourth-order valence-electron chi connectivity index (χ4n) is 10.9. The van der Waals surface area contributed by atoms with Crippen LogP contribution in [0.2, 0.25) is 0 Å². The molecule has 10 nitrogen and oxygen atoms in total. The highest BCUT2D eigenvalue weighted by Crippen LogP contribution is 2.63. The summed E-state index contributed by atoms with van der Waals surface area (Å²) in [5, 5.41) is 51.3. The predicted octanol–water partition coefficient (Wildman–Crippen LogP) is 7.10. The third kappa shape index (κ3) is 11.5. The fourth-order valence-corrected chi connectivity index (χ4v) is 10.9. The summed E-state index contributed by atoms with van der Waals surface area (Å²) in [7, 11) is 0. The molecule has 8 N–H and O–H groups in total. The van der Waals surface area contributed by atoms with Crippen molar-refractivity contribution in [3.8, 4) is 11.8 Å². The van der Waals surface area contributed by atoms with Gasteiger partial charge in [0.25, 0.3) is 0 Å². The number of carbonyl (C=O) groups excluding carboxylic acids is 2. The van der Waals surface area contributed by atoms with Crippen LogP contribution in [0, 0.1) is 29.1 Å². The zero-order chi connectivity index (χ0) is 45.9. The quantitative estimate of drug-likeness (QED) is 0.0594. The number of carbonyl (C=O) groups is 2. The topological polar surface area (TPSA) is 174 Å². The normalized spacial score (nSPS) is 29.0. The van der Waals surface area contributed by atoms with Crippen LogP contribution >= 0.6 is 0 Å². The molecular weight excluding hydrogens is 803 g/mol. The number of nitrogens with one attached hydrogen (secondary N) is 2. The number of hydrogen-bond donors (Lipinski definition) is 7. The van der Waals surface area contributed by atoms with Crippen molar-refractivity contribution < 1.29 is 34.8 Å². The highest BCUT2D eigenvalue weighted by Gasteiger charge is 2.64. The third-order valence-electron chi connectivity index (χ3n) is 14.3. The summed E-state index contributed by atoms with van der Waals surface area (Å²) in [6, 6.07) is 15.3. The minimum Gasteiger partial charge on any atom is -0.396 e. The number of amides is 1. The lowest BCUT2D eigenvalue weighted by Crippen LogP contribution is -2.59. The first-order valence-electron chi connectivity index (χ1n) is 23.4. The zero-order valence-electron chi connectivity index (χ0n) is 38.2. The van der Waals surface area contributed by atoms with E-state index >= 15 is 0 Å². The fraction of sp³-hybridized carbons (Fsp3) is 0.519. The maximum atomic E-state index is 14.5. The number of hydrogen-bond acceptors (Lipinski definition) is 9. The summed E-state index contributed by atoms with van der Waals surface area (Å²) < 4.78 is 6.21. The molecule has 4 aliphatic rings. The Labute approximate surface area is 380 Å². The Kier molecular flexibility index (Phi) is 17.3. The van der Waals surface area contributed by atoms with Gasteiger partial charge in [0, 0.05) is 37.3 Å². The number of aryl methyl sites for hydroxylation is 1. The van der Waals surface area contributed by atoms with Crippen LogP contribution < -0.4 is 16.4 Å². The number of nitrogens with two attached hydrogens (primary N) is 1. The summed E-state index contributed by atoms with van der Waals surface area (Å²) in [5.41, 5.74) is 12.2. The summed E-state index contributed by atoms with van der Waals surface area (Å²) in [6.45, 7) is 10.3. The molecule has 8 atom stereocenters. The molecule has 0 aromatic heterocycles. The van der Waals surface area contributed by atoms with E-state index in [4.69, 9.17) is 10.5 Å². The molecule has 2 fully saturated rings. The zero-order valence-corrected chi connectivity index (χ0v) is 38.2. The van der Waals surface area contributed by atoms with E-state index in [9.17, 15) is 30.0 Å². The van der Waals surface area contributed by atoms with Gasteiger partial charge in [0.15, 0.2) is 5.78 Å². The molecule has 1 amide bonds. The van der Waals surface area contributed by atoms with Gasteiger partial charge < -0.3 is 36.2 Å². The lowest BCUT2D eigenvalue weighted by Gasteiger charge is -2.55. The maximum absolute atomic E-state index is 14.5. The van der Waals surface area contributed by atoms with Crippen molar-refractivity contribution in [2.45, 2.75) is 134 Å². The van der Waals surface area contributed by atoms with Crippen molar-refractivity contribution >= 4 is 11.7 Å². The van der Waals surface area contributed by atoms with Crippen molar-refractivity contribution in [1.82, 2.24) is 10.6 Å². The van der Waals surface area contributed by atoms with E-state index in [2.05, 4.69) is 59.4 Å². The number of rotatable bonds is 14. The Morgan fingerprint density at radius 1 is 1.09 bits per heavy atom. The third-order valence-corrected chi connectivity index (χ3v) is 14.3. The van der Waals surface area contributed by atoms with Crippen LogP contribution in [-0.2, 0) is 27.2 Å². The molecule has 8 unspecified atom stereocenters. The number of aliphatic hydroxyl groups is 4. The van der Waals surface area contributed by atoms with E-state index in [1.807, 2.05) is 56.3 Å². The Morgan fingerprint density at radius 2 is 1.89 bits per heavy atom. The SMILES string of the molecule is C=C1C=CC=C(C2CCC3(C(CCCO)C(=C(C)C(=O)Cc4cccc5c4C(NCC(C)O)C(=O)NC5N)CCC3(C)O)C2O)COCC#CCC(CCCc2ccccc2)=CCC1. The van der Waals surface area contributed by atoms with E-state index < -0.39 is 35.4 Å². The molecule has 0 radical (unpaired) electrons. The Bertz CT molecular complexity index is 2160. The summed E-state index contributed by atoms with van der Waals surface area (Å²) in [4.78, 5) is 27.7. The Hall–Kier alpha value is -4.44. The molecule has 10 heteroatoms. The molecule has 0 bridgehead atoms. The molecule has 2 aromatic rings. The number of benzene rings is 2. The minimum absolute atomic E-state index is 0.0169. The van der Waals surface area contributed by atoms with Crippen molar-refractivity contribution in [3.63, 3.8) is 0 Å². The average Bonchev–Trinajstić information content (AvgIpc) is 3.61. The Morgan fingerprint density at radius 3 is 2.66 bits per heavy atom. The second-order valence-corrected chi connectivity index (χ2v) is 18.7. The van der Waals surface area contributed by atoms with E-state index in [1.165, 1.54) is 11.1 Å². The largest absolute Gasteiger partial charge is 0.396 e. The molecule has 2 aliphatic carbocycles. The molecule has 0 saturated heterocycles. The van der Waals surface area contributed by atoms with Crippen LogP contribution in [0.1, 0.15) is 126 Å². The molecule has 2 aromatic carbocycles. The van der Waals surface area contributed by atoms with Crippen LogP contribution in [0.25, 0.3) is 0 Å². The van der Waals surface area contributed by atoms with Crippen molar-refractivity contribution in [2.24, 2.45) is 23.0 Å². The second kappa shape index (κ2) is 22.6. The lowest BCUT2D eigenvalue weighted by molar-refractivity contribution is -0.167. The smallest absolute Gasteiger partial charge is 0.243 e. The van der Waals surface area contributed by atoms with Gasteiger partial charge in [0.1, 0.15) is 18.8 Å². The van der Waals surface area contributed by atoms with Gasteiger partial charge in [-0.1, -0.05) is 108 Å². The summed E-state index contributed by atoms with van der Waals surface area (Å²) in [6.07, 6.45) is 14.3. The molecule has 2 aliphatic heterocycles. The van der Waals surface area contributed by atoms with E-state index in [0.29, 0.717) is 67.2 Å². The average molecular weight is 874 g/mol. The molecule has 2 saturated carbocycles. The summed E-state index contributed by atoms with van der Waals surface area (Å²) in [5.74, 6) is 5.42. The lowest BCUT2D eigenvalue weighted by atomic mass is 9.52. The number of Topliss-reactive ketones (excluding diaryl/α,β-unsaturated/α-hetero) is 1. The number of ketones is 1. The van der Waals surface area contributed by atoms with E-state index in [0.717, 1.165) is 48.8 Å². The monoisotopic (exact) mass is 874 g/mol. The standard InChI is InChI=1S/C54H71N3O7/c1-36-15-10-20-40(22-12-21-39-17-6-5-7-18-39)19-8-9-32-64-35-42(24-11-16-36)44-28-30-54(50(44)61)46(26-14-31-58)43(27-29-53(54,4)63)38(3)47(60)33-41-23-13-25-45-48(41)49(56-34-37(2)59)52(62)57-51(45)55/h5-7,11,13,16-18,20,23-25,37,44,46,49-51,56,58-59,61,63H,1,10,12,14-15,19,21-22,26-35,55H2,2-4H3,(H,57,62). The first kappa shape index (κ1) is 49.0. The van der Waals surface area contributed by atoms with Crippen molar-refractivity contribution in [2.75, 3.05) is 26.4 Å².